The maximum absolute atomic E-state index is 13.5. The number of aliphatic hydroxyl groups excluding tert-OH is 5. The number of aliphatic hydroxyl groups is 5. The Morgan fingerprint density at radius 2 is 0.878 bits per heavy atom. The fraction of sp³-hybridized carbons (Fsp3) is 0.775. The first-order valence-corrected chi connectivity index (χ1v) is 33.9. The van der Waals surface area contributed by atoms with Crippen LogP contribution in [0.5, 0.6) is 0 Å². The second-order valence-electron chi connectivity index (χ2n) is 23.2. The predicted octanol–water partition coefficient (Wildman–Crippen LogP) is 16.9. The molecule has 1 aliphatic heterocycles. The highest BCUT2D eigenvalue weighted by Gasteiger charge is 2.47. The monoisotopic (exact) mass is 1150 g/mol. The van der Waals surface area contributed by atoms with Crippen molar-refractivity contribution < 1.29 is 49.3 Å². The van der Waals surface area contributed by atoms with Gasteiger partial charge in [0.15, 0.2) is 12.4 Å². The Hall–Kier alpha value is -3.16. The van der Waals surface area contributed by atoms with Crippen LogP contribution >= 0.6 is 0 Å². The highest BCUT2D eigenvalue weighted by Crippen LogP contribution is 2.26. The van der Waals surface area contributed by atoms with Gasteiger partial charge in [-0.1, -0.05) is 292 Å². The van der Waals surface area contributed by atoms with E-state index in [2.05, 4.69) is 99.0 Å². The molecule has 8 atom stereocenters. The van der Waals surface area contributed by atoms with Crippen molar-refractivity contribution in [2.24, 2.45) is 0 Å². The number of hydrogen-bond donors (Lipinski definition) is 6. The number of hydrogen-bond acceptors (Lipinski definition) is 10. The van der Waals surface area contributed by atoms with E-state index in [1.54, 1.807) is 6.08 Å². The molecule has 0 aromatic rings. The van der Waals surface area contributed by atoms with Crippen LogP contribution in [0.15, 0.2) is 85.1 Å². The first-order valence-electron chi connectivity index (χ1n) is 33.9. The van der Waals surface area contributed by atoms with Crippen LogP contribution in [0, 0.1) is 0 Å². The van der Waals surface area contributed by atoms with Gasteiger partial charge in [0, 0.05) is 6.42 Å². The molecule has 1 fully saturated rings. The molecular formula is C71H125NO10. The van der Waals surface area contributed by atoms with Gasteiger partial charge in [-0.3, -0.25) is 9.59 Å². The van der Waals surface area contributed by atoms with Gasteiger partial charge in [-0.25, -0.2) is 0 Å². The number of amides is 1. The van der Waals surface area contributed by atoms with E-state index < -0.39 is 67.4 Å². The normalized spacial score (nSPS) is 19.1. The Labute approximate surface area is 502 Å². The minimum atomic E-state index is -1.64. The zero-order valence-corrected chi connectivity index (χ0v) is 52.6. The molecular weight excluding hydrogens is 1030 g/mol. The number of ether oxygens (including phenoxy) is 3. The van der Waals surface area contributed by atoms with Gasteiger partial charge in [0.25, 0.3) is 0 Å². The topological polar surface area (TPSA) is 175 Å². The maximum atomic E-state index is 13.5. The summed E-state index contributed by atoms with van der Waals surface area (Å²) in [5.41, 5.74) is 0. The lowest BCUT2D eigenvalue weighted by molar-refractivity contribution is -0.305. The SMILES string of the molecule is CC/C=C\C/C=C\C/C=C\C/C=C\C/C=C\C/C=C\CCCCC(=O)OC1C(OCC(NC(=O)C(O)CCCCCCCCCCCCCCCCCCCCCC)C(O)/C=C/CCCCCCCCCCCC)OC(CO)C(O)C1O. The van der Waals surface area contributed by atoms with E-state index in [1.807, 2.05) is 6.08 Å². The fourth-order valence-corrected chi connectivity index (χ4v) is 10.2. The molecule has 0 radical (unpaired) electrons. The largest absolute Gasteiger partial charge is 0.454 e. The Bertz CT molecular complexity index is 1660. The fourth-order valence-electron chi connectivity index (χ4n) is 10.2. The average Bonchev–Trinajstić information content (AvgIpc) is 3.44. The third-order valence-corrected chi connectivity index (χ3v) is 15.6. The van der Waals surface area contributed by atoms with E-state index in [0.717, 1.165) is 89.9 Å². The Morgan fingerprint density at radius 3 is 1.32 bits per heavy atom. The lowest BCUT2D eigenvalue weighted by Gasteiger charge is -2.41. The summed E-state index contributed by atoms with van der Waals surface area (Å²) < 4.78 is 17.6. The van der Waals surface area contributed by atoms with Crippen molar-refractivity contribution in [3.8, 4) is 0 Å². The summed E-state index contributed by atoms with van der Waals surface area (Å²) in [6.45, 7) is 5.68. The van der Waals surface area contributed by atoms with Crippen molar-refractivity contribution >= 4 is 11.9 Å². The van der Waals surface area contributed by atoms with Gasteiger partial charge < -0.3 is 45.1 Å². The molecule has 0 aromatic carbocycles. The van der Waals surface area contributed by atoms with Crippen LogP contribution in [-0.4, -0.2) is 99.6 Å². The summed E-state index contributed by atoms with van der Waals surface area (Å²) in [6.07, 6.45) is 66.2. The van der Waals surface area contributed by atoms with Crippen LogP contribution in [0.1, 0.15) is 290 Å². The van der Waals surface area contributed by atoms with Crippen molar-refractivity contribution in [3.63, 3.8) is 0 Å². The minimum absolute atomic E-state index is 0.0662. The van der Waals surface area contributed by atoms with Crippen LogP contribution in [0.3, 0.4) is 0 Å². The molecule has 0 aromatic heterocycles. The summed E-state index contributed by atoms with van der Waals surface area (Å²) >= 11 is 0. The first kappa shape index (κ1) is 76.9. The number of allylic oxidation sites excluding steroid dienone is 13. The van der Waals surface area contributed by atoms with Crippen LogP contribution in [0.25, 0.3) is 0 Å². The molecule has 1 rings (SSSR count). The number of nitrogens with one attached hydrogen (secondary N) is 1. The molecule has 0 saturated carbocycles. The number of carbonyl (C=O) groups excluding carboxylic acids is 2. The van der Waals surface area contributed by atoms with Gasteiger partial charge in [0.05, 0.1) is 25.4 Å². The zero-order valence-electron chi connectivity index (χ0n) is 52.6. The molecule has 11 nitrogen and oxygen atoms in total. The summed E-state index contributed by atoms with van der Waals surface area (Å²) in [5.74, 6) is -1.24. The number of rotatable bonds is 57. The van der Waals surface area contributed by atoms with Crippen molar-refractivity contribution in [2.45, 2.75) is 339 Å². The van der Waals surface area contributed by atoms with Gasteiger partial charge in [-0.2, -0.15) is 0 Å². The highest BCUT2D eigenvalue weighted by atomic mass is 16.7. The van der Waals surface area contributed by atoms with E-state index in [1.165, 1.54) is 154 Å². The molecule has 0 bridgehead atoms. The van der Waals surface area contributed by atoms with Gasteiger partial charge in [-0.05, 0) is 77.0 Å². The van der Waals surface area contributed by atoms with E-state index in [9.17, 15) is 35.1 Å². The minimum Gasteiger partial charge on any atom is -0.454 e. The Balaban J connectivity index is 2.65. The Morgan fingerprint density at radius 1 is 0.488 bits per heavy atom. The van der Waals surface area contributed by atoms with Crippen LogP contribution in [0.2, 0.25) is 0 Å². The van der Waals surface area contributed by atoms with E-state index >= 15 is 0 Å². The van der Waals surface area contributed by atoms with Crippen LogP contribution < -0.4 is 5.32 Å². The predicted molar refractivity (Wildman–Crippen MR) is 342 cm³/mol. The van der Waals surface area contributed by atoms with Crippen molar-refractivity contribution in [2.75, 3.05) is 13.2 Å². The molecule has 11 heteroatoms. The van der Waals surface area contributed by atoms with Gasteiger partial charge in [0.1, 0.15) is 24.4 Å². The maximum Gasteiger partial charge on any atom is 0.306 e. The lowest BCUT2D eigenvalue weighted by atomic mass is 9.99. The standard InChI is InChI=1S/C71H125NO10/c1-4-7-10-13-16-19-22-25-27-29-31-33-35-37-39-41-44-47-50-53-56-59-66(76)82-69-68(78)67(77)65(60-73)81-71(69)80-61-62(63(74)57-54-51-48-45-42-24-21-18-15-12-9-6-3)72-70(79)64(75)58-55-52-49-46-43-40-38-36-34-32-30-28-26-23-20-17-14-11-8-5-2/h7,10,16,19,25,27,31,33,37,39,44,47,54,57,62-65,67-69,71,73-75,77-78H,4-6,8-9,11-15,17-18,20-24,26,28-30,32,34-36,38,40-43,45-46,48-53,55-56,58-61H2,1-3H3,(H,72,79)/b10-7-,19-16-,27-25-,33-31-,39-37-,47-44-,57-54+. The lowest BCUT2D eigenvalue weighted by Crippen LogP contribution is -2.61. The summed E-state index contributed by atoms with van der Waals surface area (Å²) in [7, 11) is 0. The van der Waals surface area contributed by atoms with Gasteiger partial charge in [0.2, 0.25) is 5.91 Å². The molecule has 474 valence electrons. The molecule has 1 heterocycles. The molecule has 6 N–H and O–H groups in total. The molecule has 0 spiro atoms. The third kappa shape index (κ3) is 45.2. The molecule has 1 amide bonds. The van der Waals surface area contributed by atoms with E-state index in [-0.39, 0.29) is 19.4 Å². The second-order valence-corrected chi connectivity index (χ2v) is 23.2. The second kappa shape index (κ2) is 58.2. The molecule has 82 heavy (non-hydrogen) atoms. The van der Waals surface area contributed by atoms with Gasteiger partial charge in [-0.15, -0.1) is 0 Å². The van der Waals surface area contributed by atoms with Crippen molar-refractivity contribution in [1.29, 1.82) is 0 Å². The molecule has 1 aliphatic rings. The molecule has 8 unspecified atom stereocenters. The highest BCUT2D eigenvalue weighted by molar-refractivity contribution is 5.80. The molecule has 1 saturated heterocycles. The zero-order chi connectivity index (χ0) is 59.6. The third-order valence-electron chi connectivity index (χ3n) is 15.6. The smallest absolute Gasteiger partial charge is 0.306 e. The molecule has 0 aliphatic carbocycles. The number of unbranched alkanes of at least 4 members (excludes halogenated alkanes) is 31. The summed E-state index contributed by atoms with van der Waals surface area (Å²) in [6, 6.07) is -1.04. The van der Waals surface area contributed by atoms with Crippen molar-refractivity contribution in [3.05, 3.63) is 85.1 Å². The van der Waals surface area contributed by atoms with E-state index in [4.69, 9.17) is 14.2 Å². The van der Waals surface area contributed by atoms with E-state index in [0.29, 0.717) is 12.8 Å². The quantitative estimate of drug-likeness (QED) is 0.0195. The van der Waals surface area contributed by atoms with Crippen LogP contribution in [0.4, 0.5) is 0 Å². The Kier molecular flexibility index (Phi) is 54.6. The first-order chi connectivity index (χ1) is 40.2. The van der Waals surface area contributed by atoms with Gasteiger partial charge >= 0.3 is 5.97 Å². The average molecular weight is 1150 g/mol. The number of carbonyl (C=O) groups is 2. The summed E-state index contributed by atoms with van der Waals surface area (Å²) in [4.78, 5) is 26.6. The summed E-state index contributed by atoms with van der Waals surface area (Å²) in [5, 5.41) is 57.1. The number of esters is 1. The van der Waals surface area contributed by atoms with Crippen LogP contribution in [-0.2, 0) is 23.8 Å². The van der Waals surface area contributed by atoms with Crippen molar-refractivity contribution in [1.82, 2.24) is 5.32 Å².